The Balaban J connectivity index is 2.06. The molecule has 0 saturated carbocycles. The maximum atomic E-state index is 12.1. The van der Waals surface area contributed by atoms with Gasteiger partial charge in [-0.3, -0.25) is 4.79 Å². The number of hydrogen-bond acceptors (Lipinski definition) is 1. The number of Topliss-reactive ketones (excluding diaryl/α,β-unsaturated/α-hetero) is 1. The molecule has 19 heavy (non-hydrogen) atoms. The molecule has 0 aliphatic rings. The molecule has 1 unspecified atom stereocenters. The Morgan fingerprint density at radius 1 is 0.895 bits per heavy atom. The summed E-state index contributed by atoms with van der Waals surface area (Å²) in [5.41, 5.74) is 1.50. The fourth-order valence-corrected chi connectivity index (χ4v) is 2.24. The van der Waals surface area contributed by atoms with E-state index in [0.29, 0.717) is 15.6 Å². The van der Waals surface area contributed by atoms with Gasteiger partial charge in [-0.2, -0.15) is 0 Å². The van der Waals surface area contributed by atoms with Gasteiger partial charge in [-0.05, 0) is 42.0 Å². The van der Waals surface area contributed by atoms with E-state index in [1.807, 2.05) is 12.1 Å². The largest absolute Gasteiger partial charge is 0.294 e. The highest BCUT2D eigenvalue weighted by molar-refractivity contribution is 6.31. The van der Waals surface area contributed by atoms with Gasteiger partial charge in [-0.1, -0.05) is 35.3 Å². The van der Waals surface area contributed by atoms with Crippen LogP contribution in [-0.2, 0) is 0 Å². The number of carbonyl (C=O) groups is 1. The van der Waals surface area contributed by atoms with Gasteiger partial charge in [0.05, 0.1) is 5.38 Å². The van der Waals surface area contributed by atoms with E-state index in [1.54, 1.807) is 36.4 Å². The van der Waals surface area contributed by atoms with Crippen LogP contribution in [0.15, 0.2) is 48.5 Å². The maximum absolute atomic E-state index is 12.1. The summed E-state index contributed by atoms with van der Waals surface area (Å²) in [6.07, 6.45) is 0.241. The lowest BCUT2D eigenvalue weighted by molar-refractivity contribution is 0.0981. The third kappa shape index (κ3) is 3.97. The fraction of sp³-hybridized carbons (Fsp3) is 0.133. The van der Waals surface area contributed by atoms with Crippen LogP contribution in [0.3, 0.4) is 0 Å². The minimum atomic E-state index is -0.361. The van der Waals surface area contributed by atoms with Gasteiger partial charge in [0.1, 0.15) is 0 Å². The van der Waals surface area contributed by atoms with Gasteiger partial charge in [-0.15, -0.1) is 11.6 Å². The molecule has 0 bridgehead atoms. The molecule has 1 nitrogen and oxygen atoms in total. The zero-order chi connectivity index (χ0) is 13.8. The molecule has 0 radical (unpaired) electrons. The molecule has 2 aromatic carbocycles. The predicted octanol–water partition coefficient (Wildman–Crippen LogP) is 5.55. The van der Waals surface area contributed by atoms with Crippen molar-refractivity contribution < 1.29 is 4.79 Å². The Kier molecular flexibility index (Phi) is 4.87. The predicted molar refractivity (Wildman–Crippen MR) is 80.4 cm³/mol. The van der Waals surface area contributed by atoms with Crippen LogP contribution in [0.4, 0.5) is 0 Å². The summed E-state index contributed by atoms with van der Waals surface area (Å²) < 4.78 is 0. The quantitative estimate of drug-likeness (QED) is 0.534. The molecule has 0 amide bonds. The van der Waals surface area contributed by atoms with Crippen molar-refractivity contribution in [1.82, 2.24) is 0 Å². The molecule has 1 atom stereocenters. The number of halogens is 3. The van der Waals surface area contributed by atoms with Crippen molar-refractivity contribution in [3.05, 3.63) is 69.7 Å². The van der Waals surface area contributed by atoms with E-state index in [-0.39, 0.29) is 17.6 Å². The SMILES string of the molecule is O=C(CC(Cl)c1ccc(Cl)cc1)c1ccc(Cl)cc1. The van der Waals surface area contributed by atoms with E-state index >= 15 is 0 Å². The van der Waals surface area contributed by atoms with Gasteiger partial charge in [0.15, 0.2) is 5.78 Å². The molecule has 0 N–H and O–H groups in total. The lowest BCUT2D eigenvalue weighted by atomic mass is 10.0. The van der Waals surface area contributed by atoms with Crippen LogP contribution in [-0.4, -0.2) is 5.78 Å². The van der Waals surface area contributed by atoms with E-state index in [4.69, 9.17) is 34.8 Å². The standard InChI is InChI=1S/C15H11Cl3O/c16-12-5-1-10(2-6-12)14(18)9-15(19)11-3-7-13(17)8-4-11/h1-8,14H,9H2. The molecule has 4 heteroatoms. The van der Waals surface area contributed by atoms with Crippen LogP contribution in [0.5, 0.6) is 0 Å². The Bertz CT molecular complexity index is 561. The Labute approximate surface area is 127 Å². The minimum absolute atomic E-state index is 0.00776. The molecule has 2 rings (SSSR count). The average Bonchev–Trinajstić information content (AvgIpc) is 2.40. The number of benzene rings is 2. The second-order valence-corrected chi connectivity index (χ2v) is 5.55. The van der Waals surface area contributed by atoms with Gasteiger partial charge in [0.25, 0.3) is 0 Å². The van der Waals surface area contributed by atoms with Crippen molar-refractivity contribution in [2.45, 2.75) is 11.8 Å². The molecule has 0 aromatic heterocycles. The first-order valence-electron chi connectivity index (χ1n) is 5.74. The summed E-state index contributed by atoms with van der Waals surface area (Å²) in [5, 5.41) is 0.897. The summed E-state index contributed by atoms with van der Waals surface area (Å²) in [6, 6.07) is 14.0. The summed E-state index contributed by atoms with van der Waals surface area (Å²) in [4.78, 5) is 12.1. The summed E-state index contributed by atoms with van der Waals surface area (Å²) in [7, 11) is 0. The molecule has 2 aromatic rings. The lowest BCUT2D eigenvalue weighted by Gasteiger charge is -2.09. The van der Waals surface area contributed by atoms with Crippen molar-refractivity contribution in [3.63, 3.8) is 0 Å². The fourth-order valence-electron chi connectivity index (χ4n) is 1.71. The molecule has 0 spiro atoms. The third-order valence-corrected chi connectivity index (χ3v) is 3.67. The van der Waals surface area contributed by atoms with Gasteiger partial charge in [-0.25, -0.2) is 0 Å². The first-order chi connectivity index (χ1) is 9.06. The highest BCUT2D eigenvalue weighted by Gasteiger charge is 2.14. The molecule has 0 aliphatic carbocycles. The number of ketones is 1. The highest BCUT2D eigenvalue weighted by Crippen LogP contribution is 2.27. The third-order valence-electron chi connectivity index (χ3n) is 2.76. The van der Waals surface area contributed by atoms with Crippen molar-refractivity contribution >= 4 is 40.6 Å². The van der Waals surface area contributed by atoms with Crippen LogP contribution in [0.1, 0.15) is 27.7 Å². The number of rotatable bonds is 4. The maximum Gasteiger partial charge on any atom is 0.164 e. The first kappa shape index (κ1) is 14.4. The minimum Gasteiger partial charge on any atom is -0.294 e. The van der Waals surface area contributed by atoms with Crippen molar-refractivity contribution in [2.24, 2.45) is 0 Å². The summed E-state index contributed by atoms with van der Waals surface area (Å²) in [6.45, 7) is 0. The van der Waals surface area contributed by atoms with Crippen LogP contribution in [0, 0.1) is 0 Å². The Morgan fingerprint density at radius 3 is 1.89 bits per heavy atom. The second kappa shape index (κ2) is 6.42. The van der Waals surface area contributed by atoms with Crippen molar-refractivity contribution in [1.29, 1.82) is 0 Å². The molecule has 0 fully saturated rings. The van der Waals surface area contributed by atoms with E-state index in [2.05, 4.69) is 0 Å². The molecule has 0 heterocycles. The van der Waals surface area contributed by atoms with Crippen molar-refractivity contribution in [3.8, 4) is 0 Å². The van der Waals surface area contributed by atoms with Crippen LogP contribution in [0.2, 0.25) is 10.0 Å². The van der Waals surface area contributed by atoms with Gasteiger partial charge < -0.3 is 0 Å². The zero-order valence-electron chi connectivity index (χ0n) is 9.95. The highest BCUT2D eigenvalue weighted by atomic mass is 35.5. The molecule has 98 valence electrons. The van der Waals surface area contributed by atoms with Gasteiger partial charge in [0.2, 0.25) is 0 Å². The van der Waals surface area contributed by atoms with Gasteiger partial charge >= 0.3 is 0 Å². The smallest absolute Gasteiger partial charge is 0.164 e. The molecular weight excluding hydrogens is 303 g/mol. The second-order valence-electron chi connectivity index (χ2n) is 4.15. The van der Waals surface area contributed by atoms with Gasteiger partial charge in [0, 0.05) is 22.0 Å². The van der Waals surface area contributed by atoms with E-state index in [0.717, 1.165) is 5.56 Å². The van der Waals surface area contributed by atoms with Crippen LogP contribution >= 0.6 is 34.8 Å². The normalized spacial score (nSPS) is 12.2. The topological polar surface area (TPSA) is 17.1 Å². The van der Waals surface area contributed by atoms with Crippen LogP contribution in [0.25, 0.3) is 0 Å². The summed E-state index contributed by atoms with van der Waals surface area (Å²) >= 11 is 17.8. The number of alkyl halides is 1. The zero-order valence-corrected chi connectivity index (χ0v) is 12.2. The number of carbonyl (C=O) groups excluding carboxylic acids is 1. The van der Waals surface area contributed by atoms with E-state index in [1.165, 1.54) is 0 Å². The lowest BCUT2D eigenvalue weighted by Crippen LogP contribution is -2.03. The molecule has 0 aliphatic heterocycles. The number of hydrogen-bond donors (Lipinski definition) is 0. The molecule has 0 saturated heterocycles. The monoisotopic (exact) mass is 312 g/mol. The molecular formula is C15H11Cl3O. The summed E-state index contributed by atoms with van der Waals surface area (Å²) in [5.74, 6) is -0.00776. The van der Waals surface area contributed by atoms with E-state index in [9.17, 15) is 4.79 Å². The Morgan fingerprint density at radius 2 is 1.37 bits per heavy atom. The average molecular weight is 314 g/mol. The Hall–Kier alpha value is -1.02. The van der Waals surface area contributed by atoms with Crippen molar-refractivity contribution in [2.75, 3.05) is 0 Å². The first-order valence-corrected chi connectivity index (χ1v) is 6.94. The van der Waals surface area contributed by atoms with Crippen LogP contribution < -0.4 is 0 Å². The van der Waals surface area contributed by atoms with E-state index < -0.39 is 0 Å².